The van der Waals surface area contributed by atoms with Gasteiger partial charge >= 0.3 is 0 Å². The number of carbonyl (C=O) groups is 1. The maximum atomic E-state index is 11.5. The maximum absolute atomic E-state index is 11.5. The number of pyridine rings is 1. The van der Waals surface area contributed by atoms with Gasteiger partial charge in [0.2, 0.25) is 0 Å². The Kier molecular flexibility index (Phi) is 4.20. The van der Waals surface area contributed by atoms with Gasteiger partial charge in [0, 0.05) is 20.0 Å². The minimum absolute atomic E-state index is 0.0589. The number of ketones is 1. The van der Waals surface area contributed by atoms with E-state index in [0.717, 1.165) is 31.4 Å². The first kappa shape index (κ1) is 14.0. The molecule has 0 bridgehead atoms. The lowest BCUT2D eigenvalue weighted by Gasteiger charge is -2.29. The highest BCUT2D eigenvalue weighted by atomic mass is 16.3. The summed E-state index contributed by atoms with van der Waals surface area (Å²) in [6.07, 6.45) is 6.14. The third-order valence-electron chi connectivity index (χ3n) is 3.86. The van der Waals surface area contributed by atoms with E-state index >= 15 is 0 Å². The van der Waals surface area contributed by atoms with E-state index in [-0.39, 0.29) is 5.78 Å². The Bertz CT molecular complexity index is 436. The van der Waals surface area contributed by atoms with Gasteiger partial charge in [0.15, 0.2) is 5.78 Å². The number of likely N-dealkylation sites (N-methyl/N-ethyl adjacent to an activating group) is 1. The molecule has 1 aromatic heterocycles. The number of nitrogens with zero attached hydrogens (tertiary/aromatic N) is 2. The Morgan fingerprint density at radius 3 is 2.63 bits per heavy atom. The summed E-state index contributed by atoms with van der Waals surface area (Å²) in [5, 5.41) is 10.4. The van der Waals surface area contributed by atoms with E-state index in [0.29, 0.717) is 18.7 Å². The molecule has 1 aliphatic rings. The molecule has 4 heteroatoms. The standard InChI is InChI=1S/C15H22N2O2/c1-3-14(18)13-7-6-12(10-16-13)17(2)11-15(19)8-4-5-9-15/h6-7,10,19H,3-5,8-9,11H2,1-2H3. The lowest BCUT2D eigenvalue weighted by atomic mass is 10.0. The molecule has 4 nitrogen and oxygen atoms in total. The molecule has 0 amide bonds. The van der Waals surface area contributed by atoms with Crippen molar-refractivity contribution in [2.45, 2.75) is 44.6 Å². The molecule has 104 valence electrons. The molecule has 19 heavy (non-hydrogen) atoms. The van der Waals surface area contributed by atoms with E-state index < -0.39 is 5.60 Å². The summed E-state index contributed by atoms with van der Waals surface area (Å²) in [5.74, 6) is 0.0589. The van der Waals surface area contributed by atoms with E-state index in [9.17, 15) is 9.90 Å². The van der Waals surface area contributed by atoms with Crippen molar-refractivity contribution in [3.8, 4) is 0 Å². The van der Waals surface area contributed by atoms with Gasteiger partial charge in [0.1, 0.15) is 5.69 Å². The first-order valence-corrected chi connectivity index (χ1v) is 6.97. The number of hydrogen-bond donors (Lipinski definition) is 1. The second-order valence-corrected chi connectivity index (χ2v) is 5.47. The lowest BCUT2D eigenvalue weighted by molar-refractivity contribution is 0.0559. The second-order valence-electron chi connectivity index (χ2n) is 5.47. The zero-order valence-electron chi connectivity index (χ0n) is 11.7. The monoisotopic (exact) mass is 262 g/mol. The highest BCUT2D eigenvalue weighted by Crippen LogP contribution is 2.31. The zero-order chi connectivity index (χ0) is 13.9. The molecule has 1 saturated carbocycles. The van der Waals surface area contributed by atoms with Crippen LogP contribution in [0.15, 0.2) is 18.3 Å². The van der Waals surface area contributed by atoms with E-state index in [1.54, 1.807) is 12.3 Å². The Morgan fingerprint density at radius 1 is 1.42 bits per heavy atom. The van der Waals surface area contributed by atoms with Crippen LogP contribution in [0.25, 0.3) is 0 Å². The van der Waals surface area contributed by atoms with Gasteiger partial charge in [-0.2, -0.15) is 0 Å². The highest BCUT2D eigenvalue weighted by molar-refractivity contribution is 5.94. The number of rotatable bonds is 5. The van der Waals surface area contributed by atoms with Crippen LogP contribution in [0, 0.1) is 0 Å². The predicted octanol–water partition coefficient (Wildman–Crippen LogP) is 2.42. The summed E-state index contributed by atoms with van der Waals surface area (Å²) in [5.41, 5.74) is 0.888. The Morgan fingerprint density at radius 2 is 2.11 bits per heavy atom. The van der Waals surface area contributed by atoms with Crippen LogP contribution >= 0.6 is 0 Å². The molecular formula is C15H22N2O2. The molecule has 1 aliphatic carbocycles. The number of aromatic nitrogens is 1. The third kappa shape index (κ3) is 3.32. The summed E-state index contributed by atoms with van der Waals surface area (Å²) < 4.78 is 0. The number of Topliss-reactive ketones (excluding diaryl/α,β-unsaturated/α-hetero) is 1. The predicted molar refractivity (Wildman–Crippen MR) is 75.5 cm³/mol. The van der Waals surface area contributed by atoms with E-state index in [1.165, 1.54) is 0 Å². The van der Waals surface area contributed by atoms with Crippen molar-refractivity contribution in [1.82, 2.24) is 4.98 Å². The molecule has 1 aromatic rings. The van der Waals surface area contributed by atoms with Crippen molar-refractivity contribution in [2.75, 3.05) is 18.5 Å². The summed E-state index contributed by atoms with van der Waals surface area (Å²) in [6.45, 7) is 2.45. The fourth-order valence-corrected chi connectivity index (χ4v) is 2.68. The zero-order valence-corrected chi connectivity index (χ0v) is 11.7. The van der Waals surface area contributed by atoms with Gasteiger partial charge in [0.25, 0.3) is 0 Å². The molecule has 0 radical (unpaired) electrons. The molecule has 0 atom stereocenters. The van der Waals surface area contributed by atoms with Gasteiger partial charge in [0.05, 0.1) is 17.5 Å². The molecule has 0 aliphatic heterocycles. The molecule has 1 heterocycles. The lowest BCUT2D eigenvalue weighted by Crippen LogP contribution is -2.39. The van der Waals surface area contributed by atoms with Crippen molar-refractivity contribution < 1.29 is 9.90 Å². The van der Waals surface area contributed by atoms with E-state index in [4.69, 9.17) is 0 Å². The SMILES string of the molecule is CCC(=O)c1ccc(N(C)CC2(O)CCCC2)cn1. The van der Waals surface area contributed by atoms with Crippen molar-refractivity contribution in [3.05, 3.63) is 24.0 Å². The van der Waals surface area contributed by atoms with Crippen molar-refractivity contribution in [1.29, 1.82) is 0 Å². The van der Waals surface area contributed by atoms with Crippen LogP contribution in [-0.2, 0) is 0 Å². The van der Waals surface area contributed by atoms with Crippen LogP contribution in [0.2, 0.25) is 0 Å². The molecule has 1 N–H and O–H groups in total. The molecule has 0 aromatic carbocycles. The van der Waals surface area contributed by atoms with Crippen LogP contribution in [0.4, 0.5) is 5.69 Å². The molecular weight excluding hydrogens is 240 g/mol. The largest absolute Gasteiger partial charge is 0.388 e. The molecule has 0 spiro atoms. The summed E-state index contributed by atoms with van der Waals surface area (Å²) in [4.78, 5) is 17.7. The van der Waals surface area contributed by atoms with Gasteiger partial charge in [-0.25, -0.2) is 0 Å². The second kappa shape index (κ2) is 5.70. The fourth-order valence-electron chi connectivity index (χ4n) is 2.68. The summed E-state index contributed by atoms with van der Waals surface area (Å²) in [6, 6.07) is 3.66. The maximum Gasteiger partial charge on any atom is 0.180 e. The summed E-state index contributed by atoms with van der Waals surface area (Å²) >= 11 is 0. The normalized spacial score (nSPS) is 17.4. The van der Waals surface area contributed by atoms with Gasteiger partial charge in [-0.15, -0.1) is 0 Å². The minimum atomic E-state index is -0.563. The Labute approximate surface area is 114 Å². The van der Waals surface area contributed by atoms with Crippen LogP contribution in [0.1, 0.15) is 49.5 Å². The average Bonchev–Trinajstić information content (AvgIpc) is 2.84. The van der Waals surface area contributed by atoms with Gasteiger partial charge in [-0.3, -0.25) is 9.78 Å². The number of carbonyl (C=O) groups excluding carboxylic acids is 1. The first-order valence-electron chi connectivity index (χ1n) is 6.97. The quantitative estimate of drug-likeness (QED) is 0.828. The minimum Gasteiger partial charge on any atom is -0.388 e. The number of aliphatic hydroxyl groups is 1. The van der Waals surface area contributed by atoms with E-state index in [1.807, 2.05) is 24.9 Å². The average molecular weight is 262 g/mol. The van der Waals surface area contributed by atoms with Crippen LogP contribution < -0.4 is 4.90 Å². The highest BCUT2D eigenvalue weighted by Gasteiger charge is 2.32. The van der Waals surface area contributed by atoms with E-state index in [2.05, 4.69) is 4.98 Å². The molecule has 0 saturated heterocycles. The number of anilines is 1. The van der Waals surface area contributed by atoms with Crippen molar-refractivity contribution >= 4 is 11.5 Å². The van der Waals surface area contributed by atoms with Gasteiger partial charge in [-0.05, 0) is 25.0 Å². The smallest absolute Gasteiger partial charge is 0.180 e. The number of hydrogen-bond acceptors (Lipinski definition) is 4. The summed E-state index contributed by atoms with van der Waals surface area (Å²) in [7, 11) is 1.95. The van der Waals surface area contributed by atoms with Crippen LogP contribution in [0.5, 0.6) is 0 Å². The Balaban J connectivity index is 2.03. The van der Waals surface area contributed by atoms with Gasteiger partial charge < -0.3 is 10.0 Å². The topological polar surface area (TPSA) is 53.4 Å². The van der Waals surface area contributed by atoms with Crippen LogP contribution in [-0.4, -0.2) is 35.1 Å². The molecule has 1 fully saturated rings. The van der Waals surface area contributed by atoms with Crippen molar-refractivity contribution in [3.63, 3.8) is 0 Å². The van der Waals surface area contributed by atoms with Gasteiger partial charge in [-0.1, -0.05) is 19.8 Å². The molecule has 0 unspecified atom stereocenters. The third-order valence-corrected chi connectivity index (χ3v) is 3.86. The Hall–Kier alpha value is -1.42. The first-order chi connectivity index (χ1) is 9.04. The van der Waals surface area contributed by atoms with Crippen molar-refractivity contribution in [2.24, 2.45) is 0 Å². The van der Waals surface area contributed by atoms with Crippen LogP contribution in [0.3, 0.4) is 0 Å². The fraction of sp³-hybridized carbons (Fsp3) is 0.600. The molecule has 2 rings (SSSR count).